The Morgan fingerprint density at radius 2 is 1.93 bits per heavy atom. The maximum atomic E-state index is 13.2. The normalized spacial score (nSPS) is 16.1. The number of hydrogen-bond donors (Lipinski definition) is 0. The van der Waals surface area contributed by atoms with Gasteiger partial charge in [-0.05, 0) is 42.7 Å². The van der Waals surface area contributed by atoms with E-state index in [0.717, 1.165) is 18.4 Å². The lowest BCUT2D eigenvalue weighted by molar-refractivity contribution is -0.141. The van der Waals surface area contributed by atoms with E-state index in [4.69, 9.17) is 9.15 Å². The topological polar surface area (TPSA) is 63.0 Å². The number of amides is 2. The number of nitrogens with zero attached hydrogens (tertiary/aromatic N) is 2. The predicted octanol–water partition coefficient (Wildman–Crippen LogP) is 2.98. The highest BCUT2D eigenvalue weighted by molar-refractivity contribution is 5.83. The number of rotatable bonds is 8. The highest BCUT2D eigenvalue weighted by atomic mass is 19.1. The molecule has 0 bridgehead atoms. The maximum absolute atomic E-state index is 13.2. The SMILES string of the molecule is CC(=O)N(CC(=O)N(Cc1ccc(F)cc1)Cc1ccco1)CC1CCCO1. The van der Waals surface area contributed by atoms with Crippen molar-refractivity contribution in [3.8, 4) is 0 Å². The Kier molecular flexibility index (Phi) is 6.81. The molecule has 7 heteroatoms. The van der Waals surface area contributed by atoms with Crippen LogP contribution in [0, 0.1) is 5.82 Å². The van der Waals surface area contributed by atoms with Crippen molar-refractivity contribution in [3.05, 3.63) is 59.8 Å². The zero-order valence-corrected chi connectivity index (χ0v) is 16.0. The van der Waals surface area contributed by atoms with Gasteiger partial charge in [0.05, 0.1) is 25.5 Å². The molecule has 6 nitrogen and oxygen atoms in total. The Labute approximate surface area is 163 Å². The number of carbonyl (C=O) groups excluding carboxylic acids is 2. The van der Waals surface area contributed by atoms with Crippen LogP contribution in [0.25, 0.3) is 0 Å². The summed E-state index contributed by atoms with van der Waals surface area (Å²) in [4.78, 5) is 28.2. The van der Waals surface area contributed by atoms with E-state index in [1.165, 1.54) is 24.0 Å². The van der Waals surface area contributed by atoms with Crippen LogP contribution in [0.2, 0.25) is 0 Å². The Bertz CT molecular complexity index is 770. The molecule has 0 radical (unpaired) electrons. The highest BCUT2D eigenvalue weighted by Crippen LogP contribution is 2.15. The van der Waals surface area contributed by atoms with E-state index in [2.05, 4.69) is 0 Å². The fourth-order valence-electron chi connectivity index (χ4n) is 3.23. The van der Waals surface area contributed by atoms with Crippen molar-refractivity contribution in [2.45, 2.75) is 39.0 Å². The van der Waals surface area contributed by atoms with Gasteiger partial charge in [-0.15, -0.1) is 0 Å². The molecule has 1 aliphatic heterocycles. The van der Waals surface area contributed by atoms with Crippen molar-refractivity contribution >= 4 is 11.8 Å². The summed E-state index contributed by atoms with van der Waals surface area (Å²) in [5.74, 6) is -0.0477. The lowest BCUT2D eigenvalue weighted by Gasteiger charge is -2.28. The van der Waals surface area contributed by atoms with Crippen LogP contribution in [0.3, 0.4) is 0 Å². The lowest BCUT2D eigenvalue weighted by atomic mass is 10.2. The van der Waals surface area contributed by atoms with Gasteiger partial charge in [0.1, 0.15) is 11.6 Å². The minimum absolute atomic E-state index is 0.0210. The first-order valence-electron chi connectivity index (χ1n) is 9.43. The van der Waals surface area contributed by atoms with Crippen LogP contribution < -0.4 is 0 Å². The summed E-state index contributed by atoms with van der Waals surface area (Å²) >= 11 is 0. The van der Waals surface area contributed by atoms with Crippen molar-refractivity contribution in [1.82, 2.24) is 9.80 Å². The van der Waals surface area contributed by atoms with E-state index in [-0.39, 0.29) is 36.8 Å². The van der Waals surface area contributed by atoms with Crippen molar-refractivity contribution in [2.75, 3.05) is 19.7 Å². The molecule has 2 aromatic rings. The van der Waals surface area contributed by atoms with Gasteiger partial charge in [0.15, 0.2) is 0 Å². The largest absolute Gasteiger partial charge is 0.467 e. The van der Waals surface area contributed by atoms with Crippen molar-refractivity contribution < 1.29 is 23.1 Å². The van der Waals surface area contributed by atoms with E-state index in [9.17, 15) is 14.0 Å². The molecule has 1 saturated heterocycles. The summed E-state index contributed by atoms with van der Waals surface area (Å²) in [7, 11) is 0. The molecule has 0 N–H and O–H groups in total. The Morgan fingerprint density at radius 1 is 1.14 bits per heavy atom. The van der Waals surface area contributed by atoms with Gasteiger partial charge in [-0.3, -0.25) is 9.59 Å². The van der Waals surface area contributed by atoms with Crippen LogP contribution in [-0.4, -0.2) is 47.4 Å². The molecule has 2 heterocycles. The van der Waals surface area contributed by atoms with Crippen molar-refractivity contribution in [2.24, 2.45) is 0 Å². The summed E-state index contributed by atoms with van der Waals surface area (Å²) in [5, 5.41) is 0. The van der Waals surface area contributed by atoms with Crippen LogP contribution in [0.4, 0.5) is 4.39 Å². The van der Waals surface area contributed by atoms with E-state index >= 15 is 0 Å². The first-order chi connectivity index (χ1) is 13.5. The van der Waals surface area contributed by atoms with Crippen LogP contribution >= 0.6 is 0 Å². The first-order valence-corrected chi connectivity index (χ1v) is 9.43. The standard InChI is InChI=1S/C21H25FN2O4/c1-16(25)23(13-19-4-2-10-27-19)15-21(26)24(14-20-5-3-11-28-20)12-17-6-8-18(22)9-7-17/h3,5-9,11,19H,2,4,10,12-15H2,1H3. The molecule has 1 aromatic carbocycles. The van der Waals surface area contributed by atoms with Crippen molar-refractivity contribution in [3.63, 3.8) is 0 Å². The molecule has 150 valence electrons. The van der Waals surface area contributed by atoms with Gasteiger partial charge in [-0.25, -0.2) is 4.39 Å². The van der Waals surface area contributed by atoms with E-state index in [0.29, 0.717) is 25.5 Å². The Hall–Kier alpha value is -2.67. The molecule has 3 rings (SSSR count). The van der Waals surface area contributed by atoms with E-state index < -0.39 is 0 Å². The summed E-state index contributed by atoms with van der Waals surface area (Å²) in [6.07, 6.45) is 3.39. The van der Waals surface area contributed by atoms with Gasteiger partial charge >= 0.3 is 0 Å². The second-order valence-electron chi connectivity index (χ2n) is 6.99. The molecule has 1 aromatic heterocycles. The first kappa shape index (κ1) is 20.1. The Balaban J connectivity index is 1.70. The number of furan rings is 1. The Morgan fingerprint density at radius 3 is 2.54 bits per heavy atom. The monoisotopic (exact) mass is 388 g/mol. The molecule has 1 aliphatic rings. The van der Waals surface area contributed by atoms with E-state index in [1.54, 1.807) is 35.4 Å². The molecule has 0 aliphatic carbocycles. The minimum Gasteiger partial charge on any atom is -0.467 e. The average molecular weight is 388 g/mol. The van der Waals surface area contributed by atoms with Crippen LogP contribution in [0.1, 0.15) is 31.1 Å². The predicted molar refractivity (Wildman–Crippen MR) is 101 cm³/mol. The third-order valence-electron chi connectivity index (χ3n) is 4.79. The second kappa shape index (κ2) is 9.50. The molecular formula is C21H25FN2O4. The summed E-state index contributed by atoms with van der Waals surface area (Å²) in [5.41, 5.74) is 0.801. The average Bonchev–Trinajstić information content (AvgIpc) is 3.36. The van der Waals surface area contributed by atoms with Crippen LogP contribution in [0.15, 0.2) is 47.1 Å². The number of halogens is 1. The number of ether oxygens (including phenoxy) is 1. The highest BCUT2D eigenvalue weighted by Gasteiger charge is 2.25. The molecule has 1 atom stereocenters. The molecule has 1 fully saturated rings. The fourth-order valence-corrected chi connectivity index (χ4v) is 3.23. The zero-order valence-electron chi connectivity index (χ0n) is 16.0. The second-order valence-corrected chi connectivity index (χ2v) is 6.99. The zero-order chi connectivity index (χ0) is 19.9. The molecule has 2 amide bonds. The third-order valence-corrected chi connectivity index (χ3v) is 4.79. The van der Waals surface area contributed by atoms with Crippen molar-refractivity contribution in [1.29, 1.82) is 0 Å². The van der Waals surface area contributed by atoms with Gasteiger partial charge in [-0.2, -0.15) is 0 Å². The summed E-state index contributed by atoms with van der Waals surface area (Å²) in [6.45, 7) is 3.10. The molecule has 28 heavy (non-hydrogen) atoms. The quantitative estimate of drug-likeness (QED) is 0.698. The maximum Gasteiger partial charge on any atom is 0.242 e. The van der Waals surface area contributed by atoms with Gasteiger partial charge in [0.25, 0.3) is 0 Å². The molecule has 1 unspecified atom stereocenters. The van der Waals surface area contributed by atoms with Crippen LogP contribution in [-0.2, 0) is 27.4 Å². The molecule has 0 spiro atoms. The smallest absolute Gasteiger partial charge is 0.242 e. The fraction of sp³-hybridized carbons (Fsp3) is 0.429. The number of hydrogen-bond acceptors (Lipinski definition) is 4. The molecular weight excluding hydrogens is 363 g/mol. The van der Waals surface area contributed by atoms with Gasteiger partial charge in [-0.1, -0.05) is 12.1 Å². The number of carbonyl (C=O) groups is 2. The minimum atomic E-state index is -0.327. The van der Waals surface area contributed by atoms with Gasteiger partial charge < -0.3 is 19.0 Å². The van der Waals surface area contributed by atoms with E-state index in [1.807, 2.05) is 0 Å². The van der Waals surface area contributed by atoms with Crippen LogP contribution in [0.5, 0.6) is 0 Å². The summed E-state index contributed by atoms with van der Waals surface area (Å²) in [6, 6.07) is 9.57. The third kappa shape index (κ3) is 5.66. The lowest BCUT2D eigenvalue weighted by Crippen LogP contribution is -2.44. The van der Waals surface area contributed by atoms with Gasteiger partial charge in [0.2, 0.25) is 11.8 Å². The molecule has 0 saturated carbocycles. The van der Waals surface area contributed by atoms with Gasteiger partial charge in [0, 0.05) is 26.6 Å². The number of benzene rings is 1. The summed E-state index contributed by atoms with van der Waals surface area (Å²) < 4.78 is 24.2.